The third-order valence-electron chi connectivity index (χ3n) is 2.54. The minimum atomic E-state index is -1.30. The lowest BCUT2D eigenvalue weighted by atomic mass is 10.1. The van der Waals surface area contributed by atoms with Crippen LogP contribution in [0, 0.1) is 6.92 Å². The van der Waals surface area contributed by atoms with E-state index in [1.807, 2.05) is 13.0 Å². The van der Waals surface area contributed by atoms with Gasteiger partial charge in [0.1, 0.15) is 0 Å². The van der Waals surface area contributed by atoms with E-state index in [0.717, 1.165) is 5.56 Å². The van der Waals surface area contributed by atoms with Crippen molar-refractivity contribution in [3.8, 4) is 0 Å². The van der Waals surface area contributed by atoms with E-state index in [1.165, 1.54) is 0 Å². The Labute approximate surface area is 98.6 Å². The Kier molecular flexibility index (Phi) is 3.21. The van der Waals surface area contributed by atoms with Crippen LogP contribution in [0.5, 0.6) is 0 Å². The van der Waals surface area contributed by atoms with Gasteiger partial charge in [-0.3, -0.25) is 9.59 Å². The summed E-state index contributed by atoms with van der Waals surface area (Å²) in [6.07, 6.45) is -1.03. The highest BCUT2D eigenvalue weighted by Crippen LogP contribution is 2.21. The number of hydrogen-bond acceptors (Lipinski definition) is 4. The number of benzene rings is 1. The van der Waals surface area contributed by atoms with Crippen LogP contribution in [-0.2, 0) is 14.4 Å². The lowest BCUT2D eigenvalue weighted by molar-refractivity contribution is -0.247. The summed E-state index contributed by atoms with van der Waals surface area (Å²) in [5.41, 5.74) is 1.47. The molecule has 90 valence electrons. The Bertz CT molecular complexity index is 442. The monoisotopic (exact) mass is 235 g/mol. The number of hydroxylamine groups is 2. The smallest absolute Gasteiger partial charge is 0.254 e. The zero-order chi connectivity index (χ0) is 12.4. The zero-order valence-electron chi connectivity index (χ0n) is 9.42. The molecule has 0 radical (unpaired) electrons. The Balaban J connectivity index is 2.09. The van der Waals surface area contributed by atoms with Crippen molar-refractivity contribution < 1.29 is 19.5 Å². The standard InChI is InChI=1S/C12H13NO4/c1-8-3-2-4-9(7-8)12(16)17-13-10(14)5-6-11(13)15/h2-4,7,12,16H,5-6H2,1H3. The number of imide groups is 1. The highest BCUT2D eigenvalue weighted by molar-refractivity contribution is 6.00. The number of carbonyl (C=O) groups is 2. The number of aliphatic hydroxyl groups excluding tert-OH is 1. The van der Waals surface area contributed by atoms with Crippen molar-refractivity contribution in [3.63, 3.8) is 0 Å². The summed E-state index contributed by atoms with van der Waals surface area (Å²) in [6, 6.07) is 7.05. The van der Waals surface area contributed by atoms with Crippen molar-refractivity contribution in [2.75, 3.05) is 0 Å². The summed E-state index contributed by atoms with van der Waals surface area (Å²) in [5.74, 6) is -0.830. The molecule has 1 unspecified atom stereocenters. The first-order valence-electron chi connectivity index (χ1n) is 5.35. The van der Waals surface area contributed by atoms with Crippen molar-refractivity contribution in [1.82, 2.24) is 5.06 Å². The minimum absolute atomic E-state index is 0.138. The second-order valence-electron chi connectivity index (χ2n) is 3.95. The molecule has 1 aliphatic rings. The van der Waals surface area contributed by atoms with Gasteiger partial charge in [0.15, 0.2) is 0 Å². The molecule has 5 nitrogen and oxygen atoms in total. The lowest BCUT2D eigenvalue weighted by Crippen LogP contribution is -2.31. The summed E-state index contributed by atoms with van der Waals surface area (Å²) in [5, 5.41) is 10.4. The summed E-state index contributed by atoms with van der Waals surface area (Å²) in [7, 11) is 0. The van der Waals surface area contributed by atoms with Crippen LogP contribution in [0.1, 0.15) is 30.3 Å². The molecule has 1 aromatic carbocycles. The van der Waals surface area contributed by atoms with Crippen molar-refractivity contribution in [3.05, 3.63) is 35.4 Å². The molecule has 5 heteroatoms. The van der Waals surface area contributed by atoms with Crippen LogP contribution in [0.2, 0.25) is 0 Å². The molecule has 0 aromatic heterocycles. The number of amides is 2. The van der Waals surface area contributed by atoms with Gasteiger partial charge in [0, 0.05) is 18.4 Å². The van der Waals surface area contributed by atoms with Crippen LogP contribution in [0.25, 0.3) is 0 Å². The maximum atomic E-state index is 11.3. The van der Waals surface area contributed by atoms with Crippen LogP contribution < -0.4 is 0 Å². The molecule has 1 N–H and O–H groups in total. The van der Waals surface area contributed by atoms with Gasteiger partial charge in [-0.2, -0.15) is 5.06 Å². The average molecular weight is 235 g/mol. The molecule has 1 atom stereocenters. The molecule has 1 aromatic rings. The molecule has 2 rings (SSSR count). The van der Waals surface area contributed by atoms with E-state index in [-0.39, 0.29) is 12.8 Å². The topological polar surface area (TPSA) is 66.8 Å². The van der Waals surface area contributed by atoms with Crippen LogP contribution >= 0.6 is 0 Å². The van der Waals surface area contributed by atoms with E-state index >= 15 is 0 Å². The van der Waals surface area contributed by atoms with Crippen LogP contribution in [-0.4, -0.2) is 22.0 Å². The van der Waals surface area contributed by atoms with Gasteiger partial charge in [-0.25, -0.2) is 4.84 Å². The fourth-order valence-electron chi connectivity index (χ4n) is 1.66. The maximum absolute atomic E-state index is 11.3. The van der Waals surface area contributed by atoms with Gasteiger partial charge in [0.25, 0.3) is 11.8 Å². The number of nitrogens with zero attached hydrogens (tertiary/aromatic N) is 1. The first-order chi connectivity index (χ1) is 8.08. The molecule has 17 heavy (non-hydrogen) atoms. The van der Waals surface area contributed by atoms with E-state index < -0.39 is 18.1 Å². The van der Waals surface area contributed by atoms with E-state index in [1.54, 1.807) is 18.2 Å². The van der Waals surface area contributed by atoms with E-state index in [9.17, 15) is 14.7 Å². The van der Waals surface area contributed by atoms with Crippen molar-refractivity contribution in [1.29, 1.82) is 0 Å². The largest absolute Gasteiger partial charge is 0.362 e. The SMILES string of the molecule is Cc1cccc(C(O)ON2C(=O)CCC2=O)c1. The zero-order valence-corrected chi connectivity index (χ0v) is 9.42. The summed E-state index contributed by atoms with van der Waals surface area (Å²) in [6.45, 7) is 1.88. The highest BCUT2D eigenvalue weighted by Gasteiger charge is 2.32. The summed E-state index contributed by atoms with van der Waals surface area (Å²) in [4.78, 5) is 27.5. The lowest BCUT2D eigenvalue weighted by Gasteiger charge is -2.18. The Morgan fingerprint density at radius 1 is 1.29 bits per heavy atom. The first-order valence-corrected chi connectivity index (χ1v) is 5.35. The number of carbonyl (C=O) groups excluding carboxylic acids is 2. The number of aryl methyl sites for hydroxylation is 1. The third kappa shape index (κ3) is 2.51. The number of rotatable bonds is 3. The van der Waals surface area contributed by atoms with Crippen LogP contribution in [0.15, 0.2) is 24.3 Å². The van der Waals surface area contributed by atoms with Crippen molar-refractivity contribution >= 4 is 11.8 Å². The third-order valence-corrected chi connectivity index (χ3v) is 2.54. The highest BCUT2D eigenvalue weighted by atomic mass is 16.8. The predicted octanol–water partition coefficient (Wildman–Crippen LogP) is 1.07. The van der Waals surface area contributed by atoms with Gasteiger partial charge in [-0.1, -0.05) is 29.8 Å². The maximum Gasteiger partial charge on any atom is 0.254 e. The Hall–Kier alpha value is -1.72. The van der Waals surface area contributed by atoms with Gasteiger partial charge < -0.3 is 5.11 Å². The number of aliphatic hydroxyl groups is 1. The molecular formula is C12H13NO4. The van der Waals surface area contributed by atoms with Gasteiger partial charge in [0.05, 0.1) is 0 Å². The van der Waals surface area contributed by atoms with Crippen molar-refractivity contribution in [2.24, 2.45) is 0 Å². The summed E-state index contributed by atoms with van der Waals surface area (Å²) >= 11 is 0. The molecule has 0 saturated carbocycles. The Morgan fingerprint density at radius 2 is 1.94 bits per heavy atom. The molecule has 0 aliphatic carbocycles. The van der Waals surface area contributed by atoms with E-state index in [2.05, 4.69) is 0 Å². The molecular weight excluding hydrogens is 222 g/mol. The second-order valence-corrected chi connectivity index (χ2v) is 3.95. The molecule has 1 heterocycles. The van der Waals surface area contributed by atoms with Gasteiger partial charge in [-0.05, 0) is 6.92 Å². The normalized spacial score (nSPS) is 17.6. The first kappa shape index (κ1) is 11.8. The predicted molar refractivity (Wildman–Crippen MR) is 58.3 cm³/mol. The molecule has 1 fully saturated rings. The molecule has 0 bridgehead atoms. The number of hydrogen-bond donors (Lipinski definition) is 1. The van der Waals surface area contributed by atoms with Gasteiger partial charge in [-0.15, -0.1) is 0 Å². The van der Waals surface area contributed by atoms with E-state index in [0.29, 0.717) is 10.6 Å². The molecule has 1 aliphatic heterocycles. The fraction of sp³-hybridized carbons (Fsp3) is 0.333. The second kappa shape index (κ2) is 4.65. The van der Waals surface area contributed by atoms with Crippen LogP contribution in [0.3, 0.4) is 0 Å². The average Bonchev–Trinajstić information content (AvgIpc) is 2.61. The summed E-state index contributed by atoms with van der Waals surface area (Å²) < 4.78 is 0. The van der Waals surface area contributed by atoms with Gasteiger partial charge in [0.2, 0.25) is 6.29 Å². The quantitative estimate of drug-likeness (QED) is 0.628. The van der Waals surface area contributed by atoms with Gasteiger partial charge >= 0.3 is 0 Å². The van der Waals surface area contributed by atoms with Crippen molar-refractivity contribution in [2.45, 2.75) is 26.1 Å². The fourth-order valence-corrected chi connectivity index (χ4v) is 1.66. The van der Waals surface area contributed by atoms with Crippen LogP contribution in [0.4, 0.5) is 0 Å². The van der Waals surface area contributed by atoms with E-state index in [4.69, 9.17) is 4.84 Å². The minimum Gasteiger partial charge on any atom is -0.362 e. The molecule has 0 spiro atoms. The molecule has 1 saturated heterocycles. The molecule has 2 amide bonds. The Morgan fingerprint density at radius 3 is 2.53 bits per heavy atom.